The zero-order valence-electron chi connectivity index (χ0n) is 27.9. The largest absolute Gasteiger partial charge is 0.387 e. The average Bonchev–Trinajstić information content (AvgIpc) is 3.00. The number of carbonyl (C=O) groups is 1. The molecule has 0 rings (SSSR count). The van der Waals surface area contributed by atoms with E-state index in [9.17, 15) is 22.9 Å². The number of nitrogens with one attached hydrogen (secondary N) is 1. The SMILES string of the molecule is CC/C=C\C/C=C\C/C=C\C/C=C\C/C=C\C/C=C\CCCCCCC(=O)NC(CS(=O)(=O)O)C(O)/C=C/CC/C=C/CCC. The number of aliphatic hydroxyl groups excluding tert-OH is 1. The Morgan fingerprint density at radius 3 is 1.62 bits per heavy atom. The normalized spacial score (nSPS) is 14.7. The molecule has 7 heteroatoms. The lowest BCUT2D eigenvalue weighted by molar-refractivity contribution is -0.122. The van der Waals surface area contributed by atoms with Crippen molar-refractivity contribution in [1.29, 1.82) is 0 Å². The molecule has 45 heavy (non-hydrogen) atoms. The van der Waals surface area contributed by atoms with E-state index < -0.39 is 28.0 Å². The molecule has 0 aromatic rings. The summed E-state index contributed by atoms with van der Waals surface area (Å²) >= 11 is 0. The van der Waals surface area contributed by atoms with Crippen LogP contribution in [0.1, 0.15) is 117 Å². The Bertz CT molecular complexity index is 1060. The molecule has 2 unspecified atom stereocenters. The fourth-order valence-electron chi connectivity index (χ4n) is 4.24. The lowest BCUT2D eigenvalue weighted by Gasteiger charge is -2.21. The van der Waals surface area contributed by atoms with Gasteiger partial charge in [-0.05, 0) is 77.0 Å². The van der Waals surface area contributed by atoms with Crippen LogP contribution in [-0.2, 0) is 14.9 Å². The Kier molecular flexibility index (Phi) is 29.3. The second-order valence-corrected chi connectivity index (χ2v) is 12.5. The summed E-state index contributed by atoms with van der Waals surface area (Å²) in [5.41, 5.74) is 0. The molecule has 6 nitrogen and oxygen atoms in total. The second kappa shape index (κ2) is 31.3. The maximum atomic E-state index is 12.4. The Morgan fingerprint density at radius 1 is 0.622 bits per heavy atom. The van der Waals surface area contributed by atoms with Crippen LogP contribution in [0, 0.1) is 0 Å². The molecule has 0 aliphatic rings. The summed E-state index contributed by atoms with van der Waals surface area (Å²) in [6, 6.07) is -1.09. The minimum Gasteiger partial charge on any atom is -0.387 e. The monoisotopic (exact) mass is 643 g/mol. The van der Waals surface area contributed by atoms with E-state index in [0.29, 0.717) is 12.8 Å². The van der Waals surface area contributed by atoms with Crippen LogP contribution in [0.25, 0.3) is 0 Å². The van der Waals surface area contributed by atoms with Gasteiger partial charge in [0, 0.05) is 6.42 Å². The van der Waals surface area contributed by atoms with Crippen molar-refractivity contribution in [1.82, 2.24) is 5.32 Å². The van der Waals surface area contributed by atoms with E-state index in [4.69, 9.17) is 0 Å². The summed E-state index contributed by atoms with van der Waals surface area (Å²) in [4.78, 5) is 12.4. The van der Waals surface area contributed by atoms with Crippen molar-refractivity contribution in [2.45, 2.75) is 129 Å². The molecule has 0 saturated heterocycles. The minimum atomic E-state index is -4.36. The molecule has 0 aromatic carbocycles. The van der Waals surface area contributed by atoms with Gasteiger partial charge in [-0.25, -0.2) is 0 Å². The summed E-state index contributed by atoms with van der Waals surface area (Å²) in [7, 11) is -4.36. The van der Waals surface area contributed by atoms with Gasteiger partial charge in [0.1, 0.15) is 0 Å². The number of amides is 1. The lowest BCUT2D eigenvalue weighted by atomic mass is 10.1. The second-order valence-electron chi connectivity index (χ2n) is 11.0. The summed E-state index contributed by atoms with van der Waals surface area (Å²) < 4.78 is 32.1. The molecule has 0 aromatic heterocycles. The van der Waals surface area contributed by atoms with E-state index in [1.165, 1.54) is 6.08 Å². The number of rotatable bonds is 28. The summed E-state index contributed by atoms with van der Waals surface area (Å²) in [6.07, 6.45) is 47.0. The molecule has 3 N–H and O–H groups in total. The molecule has 0 radical (unpaired) electrons. The van der Waals surface area contributed by atoms with Gasteiger partial charge in [-0.2, -0.15) is 8.42 Å². The van der Waals surface area contributed by atoms with Crippen LogP contribution in [0.2, 0.25) is 0 Å². The fourth-order valence-corrected chi connectivity index (χ4v) is 4.97. The first-order valence-corrected chi connectivity index (χ1v) is 18.5. The molecule has 0 fully saturated rings. The van der Waals surface area contributed by atoms with E-state index in [0.717, 1.165) is 83.5 Å². The number of aliphatic hydroxyl groups is 1. The molecule has 254 valence electrons. The number of hydrogen-bond donors (Lipinski definition) is 3. The van der Waals surface area contributed by atoms with Crippen LogP contribution in [0.15, 0.2) is 97.2 Å². The zero-order valence-corrected chi connectivity index (χ0v) is 28.8. The maximum absolute atomic E-state index is 12.4. The van der Waals surface area contributed by atoms with Gasteiger partial charge >= 0.3 is 0 Å². The first-order valence-electron chi connectivity index (χ1n) is 16.9. The molecular weight excluding hydrogens is 582 g/mol. The third-order valence-electron chi connectivity index (χ3n) is 6.73. The van der Waals surface area contributed by atoms with Gasteiger partial charge in [-0.1, -0.05) is 130 Å². The predicted octanol–water partition coefficient (Wildman–Crippen LogP) is 9.45. The van der Waals surface area contributed by atoms with Crippen molar-refractivity contribution in [3.63, 3.8) is 0 Å². The molecule has 1 amide bonds. The van der Waals surface area contributed by atoms with Crippen LogP contribution in [0.5, 0.6) is 0 Å². The average molecular weight is 644 g/mol. The summed E-state index contributed by atoms with van der Waals surface area (Å²) in [6.45, 7) is 4.26. The quantitative estimate of drug-likeness (QED) is 0.0448. The van der Waals surface area contributed by atoms with E-state index in [1.807, 2.05) is 0 Å². The van der Waals surface area contributed by atoms with Crippen molar-refractivity contribution in [3.05, 3.63) is 97.2 Å². The molecule has 0 saturated carbocycles. The third-order valence-corrected chi connectivity index (χ3v) is 7.51. The Hall–Kier alpha value is -2.74. The highest BCUT2D eigenvalue weighted by Crippen LogP contribution is 2.08. The van der Waals surface area contributed by atoms with Gasteiger partial charge in [0.05, 0.1) is 17.9 Å². The van der Waals surface area contributed by atoms with Crippen molar-refractivity contribution >= 4 is 16.0 Å². The summed E-state index contributed by atoms with van der Waals surface area (Å²) in [5.74, 6) is -1.05. The number of allylic oxidation sites excluding steroid dienone is 15. The lowest BCUT2D eigenvalue weighted by Crippen LogP contribution is -2.46. The maximum Gasteiger partial charge on any atom is 0.267 e. The van der Waals surface area contributed by atoms with Gasteiger partial charge in [-0.15, -0.1) is 0 Å². The minimum absolute atomic E-state index is 0.251. The molecule has 0 aliphatic carbocycles. The van der Waals surface area contributed by atoms with Crippen molar-refractivity contribution in [2.24, 2.45) is 0 Å². The van der Waals surface area contributed by atoms with Crippen molar-refractivity contribution < 1.29 is 22.9 Å². The van der Waals surface area contributed by atoms with Crippen LogP contribution >= 0.6 is 0 Å². The van der Waals surface area contributed by atoms with E-state index in [2.05, 4.69) is 104 Å². The van der Waals surface area contributed by atoms with Crippen molar-refractivity contribution in [2.75, 3.05) is 5.75 Å². The smallest absolute Gasteiger partial charge is 0.267 e. The van der Waals surface area contributed by atoms with Gasteiger partial charge < -0.3 is 10.4 Å². The van der Waals surface area contributed by atoms with E-state index >= 15 is 0 Å². The first kappa shape index (κ1) is 42.3. The highest BCUT2D eigenvalue weighted by Gasteiger charge is 2.24. The fraction of sp³-hybridized carbons (Fsp3) is 0.553. The van der Waals surface area contributed by atoms with Gasteiger partial charge in [0.15, 0.2) is 0 Å². The van der Waals surface area contributed by atoms with Gasteiger partial charge in [0.2, 0.25) is 5.91 Å². The predicted molar refractivity (Wildman–Crippen MR) is 193 cm³/mol. The molecular formula is C38H61NO5S. The molecule has 0 spiro atoms. The van der Waals surface area contributed by atoms with Crippen molar-refractivity contribution in [3.8, 4) is 0 Å². The van der Waals surface area contributed by atoms with Crippen LogP contribution in [-0.4, -0.2) is 41.9 Å². The van der Waals surface area contributed by atoms with Gasteiger partial charge in [-0.3, -0.25) is 9.35 Å². The van der Waals surface area contributed by atoms with E-state index in [-0.39, 0.29) is 12.3 Å². The molecule has 2 atom stereocenters. The Labute approximate surface area is 275 Å². The zero-order chi connectivity index (χ0) is 33.3. The number of hydrogen-bond acceptors (Lipinski definition) is 4. The first-order chi connectivity index (χ1) is 21.8. The Morgan fingerprint density at radius 2 is 1.09 bits per heavy atom. The van der Waals surface area contributed by atoms with E-state index in [1.54, 1.807) is 6.08 Å². The number of unbranched alkanes of at least 4 members (excludes halogenated alkanes) is 6. The van der Waals surface area contributed by atoms with Crippen LogP contribution < -0.4 is 5.32 Å². The third kappa shape index (κ3) is 32.5. The standard InChI is InChI=1S/C38H61NO5S/c1-3-5-7-9-11-12-13-14-15-16-17-18-19-20-21-22-23-24-25-26-28-30-32-34-38(41)39-36(35-45(42,43)44)37(40)33-31-29-27-10-8-6-4-2/h5,7-8,10-12,14-15,17-18,20-21,23-24,31,33,36-37,40H,3-4,6,9,13,16,19,22,25-30,32,34-35H2,1-2H3,(H,39,41)(H,42,43,44)/b7-5-,10-8+,12-11-,15-14-,18-17-,21-20-,24-23-,33-31+. The highest BCUT2D eigenvalue weighted by molar-refractivity contribution is 7.85. The van der Waals surface area contributed by atoms with Gasteiger partial charge in [0.25, 0.3) is 10.1 Å². The molecule has 0 heterocycles. The van der Waals surface area contributed by atoms with Crippen LogP contribution in [0.4, 0.5) is 0 Å². The number of carbonyl (C=O) groups excluding carboxylic acids is 1. The van der Waals surface area contributed by atoms with Crippen LogP contribution in [0.3, 0.4) is 0 Å². The highest BCUT2D eigenvalue weighted by atomic mass is 32.2. The molecule has 0 aliphatic heterocycles. The summed E-state index contributed by atoms with van der Waals surface area (Å²) in [5, 5.41) is 13.0. The molecule has 0 bridgehead atoms. The Balaban J connectivity index is 4.02. The topological polar surface area (TPSA) is 104 Å².